The summed E-state index contributed by atoms with van der Waals surface area (Å²) in [6.45, 7) is 3.29. The fourth-order valence-corrected chi connectivity index (χ4v) is 2.67. The Morgan fingerprint density at radius 3 is 2.61 bits per heavy atom. The molecule has 3 nitrogen and oxygen atoms in total. The van der Waals surface area contributed by atoms with Gasteiger partial charge >= 0.3 is 0 Å². The number of nitrogens with two attached hydrogens (primary N) is 1. The Kier molecular flexibility index (Phi) is 4.72. The third kappa shape index (κ3) is 3.30. The average molecular weight is 248 g/mol. The van der Waals surface area contributed by atoms with E-state index in [-0.39, 0.29) is 5.60 Å². The van der Waals surface area contributed by atoms with E-state index in [9.17, 15) is 0 Å². The maximum Gasteiger partial charge on any atom is 0.0898 e. The van der Waals surface area contributed by atoms with Gasteiger partial charge in [-0.25, -0.2) is 0 Å². The highest BCUT2D eigenvalue weighted by Crippen LogP contribution is 2.30. The van der Waals surface area contributed by atoms with Crippen molar-refractivity contribution in [2.45, 2.75) is 57.7 Å². The quantitative estimate of drug-likeness (QED) is 0.833. The van der Waals surface area contributed by atoms with Crippen LogP contribution in [0.3, 0.4) is 0 Å². The molecule has 100 valence electrons. The van der Waals surface area contributed by atoms with Crippen molar-refractivity contribution in [3.8, 4) is 0 Å². The van der Waals surface area contributed by atoms with Crippen LogP contribution in [0.5, 0.6) is 0 Å². The highest BCUT2D eigenvalue weighted by Gasteiger charge is 2.30. The molecule has 1 heterocycles. The van der Waals surface area contributed by atoms with Crippen LogP contribution in [0, 0.1) is 6.92 Å². The predicted molar refractivity (Wildman–Crippen MR) is 73.3 cm³/mol. The van der Waals surface area contributed by atoms with Crippen molar-refractivity contribution in [1.82, 2.24) is 4.98 Å². The molecule has 1 saturated carbocycles. The molecule has 18 heavy (non-hydrogen) atoms. The highest BCUT2D eigenvalue weighted by molar-refractivity contribution is 5.16. The van der Waals surface area contributed by atoms with Crippen molar-refractivity contribution in [2.75, 3.05) is 6.54 Å². The van der Waals surface area contributed by atoms with E-state index < -0.39 is 0 Å². The van der Waals surface area contributed by atoms with Crippen molar-refractivity contribution in [3.63, 3.8) is 0 Å². The molecule has 3 heteroatoms. The van der Waals surface area contributed by atoms with Crippen LogP contribution >= 0.6 is 0 Å². The molecule has 1 fully saturated rings. The van der Waals surface area contributed by atoms with Crippen molar-refractivity contribution in [2.24, 2.45) is 5.73 Å². The maximum atomic E-state index is 6.18. The Hall–Kier alpha value is -0.930. The van der Waals surface area contributed by atoms with Crippen LogP contribution in [0.25, 0.3) is 0 Å². The third-order valence-electron chi connectivity index (χ3n) is 4.02. The van der Waals surface area contributed by atoms with Gasteiger partial charge < -0.3 is 10.5 Å². The van der Waals surface area contributed by atoms with Gasteiger partial charge in [-0.3, -0.25) is 4.98 Å². The van der Waals surface area contributed by atoms with Gasteiger partial charge in [0, 0.05) is 12.7 Å². The Balaban J connectivity index is 2.00. The maximum absolute atomic E-state index is 6.18. The summed E-state index contributed by atoms with van der Waals surface area (Å²) < 4.78 is 6.18. The van der Waals surface area contributed by atoms with Crippen LogP contribution in [0.15, 0.2) is 18.3 Å². The lowest BCUT2D eigenvalue weighted by molar-refractivity contribution is -0.0615. The summed E-state index contributed by atoms with van der Waals surface area (Å²) in [6, 6.07) is 4.04. The average Bonchev–Trinajstić information content (AvgIpc) is 2.64. The molecule has 1 aromatic rings. The Morgan fingerprint density at radius 1 is 1.28 bits per heavy atom. The fraction of sp³-hybridized carbons (Fsp3) is 0.667. The lowest BCUT2D eigenvalue weighted by Crippen LogP contribution is -2.40. The zero-order valence-electron chi connectivity index (χ0n) is 11.3. The van der Waals surface area contributed by atoms with Gasteiger partial charge in [0.1, 0.15) is 0 Å². The molecule has 1 aromatic heterocycles. The van der Waals surface area contributed by atoms with E-state index in [1.165, 1.54) is 31.2 Å². The van der Waals surface area contributed by atoms with Gasteiger partial charge in [-0.05, 0) is 31.4 Å². The topological polar surface area (TPSA) is 48.1 Å². The molecule has 1 aliphatic carbocycles. The summed E-state index contributed by atoms with van der Waals surface area (Å²) in [5.74, 6) is 0. The molecule has 0 radical (unpaired) electrons. The van der Waals surface area contributed by atoms with E-state index in [4.69, 9.17) is 10.5 Å². The van der Waals surface area contributed by atoms with Crippen LogP contribution in [0.1, 0.15) is 49.8 Å². The third-order valence-corrected chi connectivity index (χ3v) is 4.02. The summed E-state index contributed by atoms with van der Waals surface area (Å²) in [6.07, 6.45) is 9.11. The summed E-state index contributed by atoms with van der Waals surface area (Å²) in [5, 5.41) is 0. The largest absolute Gasteiger partial charge is 0.367 e. The summed E-state index contributed by atoms with van der Waals surface area (Å²) >= 11 is 0. The second kappa shape index (κ2) is 6.30. The van der Waals surface area contributed by atoms with Gasteiger partial charge in [0.05, 0.1) is 17.9 Å². The fourth-order valence-electron chi connectivity index (χ4n) is 2.67. The van der Waals surface area contributed by atoms with Crippen LogP contribution in [-0.2, 0) is 11.3 Å². The first kappa shape index (κ1) is 13.5. The first-order chi connectivity index (χ1) is 8.76. The van der Waals surface area contributed by atoms with Gasteiger partial charge in [-0.2, -0.15) is 0 Å². The molecular formula is C15H24N2O. The number of aromatic nitrogens is 1. The molecule has 0 saturated heterocycles. The van der Waals surface area contributed by atoms with E-state index in [0.717, 1.165) is 18.5 Å². The van der Waals surface area contributed by atoms with Gasteiger partial charge in [0.2, 0.25) is 0 Å². The van der Waals surface area contributed by atoms with E-state index in [2.05, 4.69) is 18.0 Å². The highest BCUT2D eigenvalue weighted by atomic mass is 16.5. The molecule has 1 aliphatic rings. The van der Waals surface area contributed by atoms with Crippen molar-refractivity contribution >= 4 is 0 Å². The second-order valence-corrected chi connectivity index (χ2v) is 5.36. The van der Waals surface area contributed by atoms with Gasteiger partial charge in [0.25, 0.3) is 0 Å². The summed E-state index contributed by atoms with van der Waals surface area (Å²) in [5.41, 5.74) is 8.08. The Labute approximate surface area is 110 Å². The number of rotatable bonds is 4. The first-order valence-electron chi connectivity index (χ1n) is 7.00. The monoisotopic (exact) mass is 248 g/mol. The predicted octanol–water partition coefficient (Wildman–Crippen LogP) is 2.96. The smallest absolute Gasteiger partial charge is 0.0898 e. The van der Waals surface area contributed by atoms with Crippen molar-refractivity contribution < 1.29 is 4.74 Å². The number of hydrogen-bond donors (Lipinski definition) is 1. The molecule has 0 bridgehead atoms. The molecule has 0 amide bonds. The SMILES string of the molecule is Cc1cccnc1COC1(CN)CCCCCC1. The Bertz CT molecular complexity index is 371. The number of pyridine rings is 1. The van der Waals surface area contributed by atoms with Crippen molar-refractivity contribution in [1.29, 1.82) is 0 Å². The van der Waals surface area contributed by atoms with Gasteiger partial charge in [0.15, 0.2) is 0 Å². The lowest BCUT2D eigenvalue weighted by atomic mass is 9.94. The Morgan fingerprint density at radius 2 is 2.00 bits per heavy atom. The molecule has 2 rings (SSSR count). The molecule has 2 N–H and O–H groups in total. The minimum absolute atomic E-state index is 0.111. The first-order valence-corrected chi connectivity index (χ1v) is 7.00. The molecule has 0 aromatic carbocycles. The number of hydrogen-bond acceptors (Lipinski definition) is 3. The van der Waals surface area contributed by atoms with E-state index in [0.29, 0.717) is 13.2 Å². The van der Waals surface area contributed by atoms with Crippen molar-refractivity contribution in [3.05, 3.63) is 29.6 Å². The minimum atomic E-state index is -0.111. The molecule has 0 unspecified atom stereocenters. The van der Waals surface area contributed by atoms with Crippen LogP contribution < -0.4 is 5.73 Å². The molecule has 0 atom stereocenters. The van der Waals surface area contributed by atoms with E-state index in [1.54, 1.807) is 0 Å². The minimum Gasteiger partial charge on any atom is -0.367 e. The standard InChI is InChI=1S/C15H24N2O/c1-13-7-6-10-17-14(13)11-18-15(12-16)8-4-2-3-5-9-15/h6-7,10H,2-5,8-9,11-12,16H2,1H3. The number of ether oxygens (including phenoxy) is 1. The molecule has 0 spiro atoms. The zero-order valence-corrected chi connectivity index (χ0v) is 11.3. The van der Waals surface area contributed by atoms with Gasteiger partial charge in [-0.1, -0.05) is 31.7 Å². The lowest BCUT2D eigenvalue weighted by Gasteiger charge is -2.31. The second-order valence-electron chi connectivity index (χ2n) is 5.36. The summed E-state index contributed by atoms with van der Waals surface area (Å²) in [7, 11) is 0. The van der Waals surface area contributed by atoms with Crippen LogP contribution in [0.4, 0.5) is 0 Å². The van der Waals surface area contributed by atoms with E-state index in [1.807, 2.05) is 12.3 Å². The van der Waals surface area contributed by atoms with Crippen LogP contribution in [-0.4, -0.2) is 17.1 Å². The zero-order chi connectivity index (χ0) is 12.8. The summed E-state index contributed by atoms with van der Waals surface area (Å²) in [4.78, 5) is 4.39. The van der Waals surface area contributed by atoms with Crippen LogP contribution in [0.2, 0.25) is 0 Å². The molecular weight excluding hydrogens is 224 g/mol. The normalized spacial score (nSPS) is 19.4. The number of aryl methyl sites for hydroxylation is 1. The number of nitrogens with zero attached hydrogens (tertiary/aromatic N) is 1. The van der Waals surface area contributed by atoms with E-state index >= 15 is 0 Å². The molecule has 0 aliphatic heterocycles. The van der Waals surface area contributed by atoms with Gasteiger partial charge in [-0.15, -0.1) is 0 Å².